The topological polar surface area (TPSA) is 20.3 Å². The normalized spacial score (nSPS) is 27.5. The Balaban J connectivity index is 1.77. The monoisotopic (exact) mass is 199 g/mol. The van der Waals surface area contributed by atoms with Crippen molar-refractivity contribution in [1.82, 2.24) is 4.90 Å². The van der Waals surface area contributed by atoms with Gasteiger partial charge in [0, 0.05) is 12.5 Å². The third kappa shape index (κ3) is 1.83. The Labute approximate surface area is 84.5 Å². The minimum absolute atomic E-state index is 0.232. The molecule has 2 aliphatic rings. The van der Waals surface area contributed by atoms with Gasteiger partial charge in [-0.3, -0.25) is 0 Å². The van der Waals surface area contributed by atoms with Gasteiger partial charge < -0.3 is 9.69 Å². The lowest BCUT2D eigenvalue weighted by Crippen LogP contribution is -2.47. The Kier molecular flexibility index (Phi) is 2.86. The van der Waals surface area contributed by atoms with E-state index in [1.165, 1.54) is 0 Å². The summed E-state index contributed by atoms with van der Waals surface area (Å²) in [6, 6.07) is 0. The van der Waals surface area contributed by atoms with Crippen molar-refractivity contribution in [2.45, 2.75) is 25.7 Å². The average molecular weight is 199 g/mol. The second-order valence-electron chi connectivity index (χ2n) is 4.84. The van der Waals surface area contributed by atoms with E-state index in [0.717, 1.165) is 45.1 Å². The van der Waals surface area contributed by atoms with Crippen LogP contribution in [-0.4, -0.2) is 37.5 Å². The minimum Gasteiger partial charge on any atom is -0.303 e. The van der Waals surface area contributed by atoms with Gasteiger partial charge in [0.1, 0.15) is 13.0 Å². The maximum absolute atomic E-state index is 12.1. The molecule has 1 saturated heterocycles. The number of piperidine rings is 1. The molecule has 1 spiro atoms. The standard InChI is InChI=1S/C11H18FNO/c12-3-6-13-4-1-11(2-5-13)7-10(8-11)9-14/h9-10H,1-8H2. The molecular weight excluding hydrogens is 181 g/mol. The van der Waals surface area contributed by atoms with Gasteiger partial charge in [-0.05, 0) is 44.2 Å². The van der Waals surface area contributed by atoms with Crippen molar-refractivity contribution in [3.8, 4) is 0 Å². The van der Waals surface area contributed by atoms with Crippen LogP contribution in [0.3, 0.4) is 0 Å². The summed E-state index contributed by atoms with van der Waals surface area (Å²) in [4.78, 5) is 12.7. The molecule has 14 heavy (non-hydrogen) atoms. The van der Waals surface area contributed by atoms with E-state index in [9.17, 15) is 9.18 Å². The lowest BCUT2D eigenvalue weighted by Gasteiger charge is -2.50. The summed E-state index contributed by atoms with van der Waals surface area (Å²) in [6.07, 6.45) is 5.59. The van der Waals surface area contributed by atoms with Crippen molar-refractivity contribution in [2.75, 3.05) is 26.3 Å². The van der Waals surface area contributed by atoms with Gasteiger partial charge in [0.05, 0.1) is 0 Å². The van der Waals surface area contributed by atoms with Crippen molar-refractivity contribution >= 4 is 6.29 Å². The van der Waals surface area contributed by atoms with Gasteiger partial charge in [-0.2, -0.15) is 0 Å². The molecule has 2 fully saturated rings. The molecule has 0 aromatic rings. The molecule has 1 saturated carbocycles. The number of nitrogens with zero attached hydrogens (tertiary/aromatic N) is 1. The van der Waals surface area contributed by atoms with Crippen LogP contribution >= 0.6 is 0 Å². The molecule has 3 heteroatoms. The molecule has 1 aliphatic heterocycles. The highest BCUT2D eigenvalue weighted by atomic mass is 19.1. The number of carbonyl (C=O) groups excluding carboxylic acids is 1. The van der Waals surface area contributed by atoms with Crippen LogP contribution in [0.4, 0.5) is 4.39 Å². The van der Waals surface area contributed by atoms with E-state index in [0.29, 0.717) is 17.9 Å². The van der Waals surface area contributed by atoms with Gasteiger partial charge in [0.15, 0.2) is 0 Å². The molecular formula is C11H18FNO. The van der Waals surface area contributed by atoms with Gasteiger partial charge in [-0.1, -0.05) is 0 Å². The fourth-order valence-electron chi connectivity index (χ4n) is 2.93. The fraction of sp³-hybridized carbons (Fsp3) is 0.909. The molecule has 1 heterocycles. The van der Waals surface area contributed by atoms with Crippen LogP contribution in [0.2, 0.25) is 0 Å². The van der Waals surface area contributed by atoms with E-state index >= 15 is 0 Å². The molecule has 0 N–H and O–H groups in total. The van der Waals surface area contributed by atoms with Crippen molar-refractivity contribution in [3.05, 3.63) is 0 Å². The number of aldehydes is 1. The number of alkyl halides is 1. The Hall–Kier alpha value is -0.440. The quantitative estimate of drug-likeness (QED) is 0.644. The Bertz CT molecular complexity index is 203. The molecule has 0 unspecified atom stereocenters. The summed E-state index contributed by atoms with van der Waals surface area (Å²) in [5.41, 5.74) is 0.457. The van der Waals surface area contributed by atoms with Crippen molar-refractivity contribution in [3.63, 3.8) is 0 Å². The van der Waals surface area contributed by atoms with Crippen LogP contribution < -0.4 is 0 Å². The van der Waals surface area contributed by atoms with E-state index in [2.05, 4.69) is 4.90 Å². The molecule has 0 bridgehead atoms. The Morgan fingerprint density at radius 3 is 2.50 bits per heavy atom. The number of rotatable bonds is 3. The third-order valence-corrected chi connectivity index (χ3v) is 3.90. The van der Waals surface area contributed by atoms with Gasteiger partial charge in [0.2, 0.25) is 0 Å². The smallest absolute Gasteiger partial charge is 0.123 e. The first-order valence-corrected chi connectivity index (χ1v) is 5.52. The van der Waals surface area contributed by atoms with Crippen molar-refractivity contribution in [1.29, 1.82) is 0 Å². The second-order valence-corrected chi connectivity index (χ2v) is 4.84. The molecule has 0 amide bonds. The summed E-state index contributed by atoms with van der Waals surface area (Å²) in [6.45, 7) is 2.40. The predicted octanol–water partition coefficient (Wildman–Crippen LogP) is 1.65. The number of hydrogen-bond acceptors (Lipinski definition) is 2. The fourth-order valence-corrected chi connectivity index (χ4v) is 2.93. The number of likely N-dealkylation sites (tertiary alicyclic amines) is 1. The molecule has 0 aromatic heterocycles. The Morgan fingerprint density at radius 1 is 1.36 bits per heavy atom. The zero-order valence-electron chi connectivity index (χ0n) is 8.54. The molecule has 2 nitrogen and oxygen atoms in total. The van der Waals surface area contributed by atoms with E-state index in [-0.39, 0.29) is 6.67 Å². The largest absolute Gasteiger partial charge is 0.303 e. The van der Waals surface area contributed by atoms with Crippen molar-refractivity contribution in [2.24, 2.45) is 11.3 Å². The maximum atomic E-state index is 12.1. The highest BCUT2D eigenvalue weighted by molar-refractivity contribution is 5.55. The summed E-state index contributed by atoms with van der Waals surface area (Å²) in [5, 5.41) is 0. The number of carbonyl (C=O) groups is 1. The van der Waals surface area contributed by atoms with E-state index in [1.54, 1.807) is 0 Å². The molecule has 0 radical (unpaired) electrons. The van der Waals surface area contributed by atoms with Crippen LogP contribution in [0.5, 0.6) is 0 Å². The molecule has 80 valence electrons. The molecule has 0 atom stereocenters. The molecule has 2 rings (SSSR count). The summed E-state index contributed by atoms with van der Waals surface area (Å²) in [5.74, 6) is 0.322. The lowest BCUT2D eigenvalue weighted by molar-refractivity contribution is -0.120. The molecule has 0 aromatic carbocycles. The zero-order valence-corrected chi connectivity index (χ0v) is 8.54. The SMILES string of the molecule is O=CC1CC2(CCN(CCF)CC2)C1. The van der Waals surface area contributed by atoms with E-state index < -0.39 is 0 Å². The minimum atomic E-state index is -0.232. The van der Waals surface area contributed by atoms with Crippen LogP contribution in [0.1, 0.15) is 25.7 Å². The summed E-state index contributed by atoms with van der Waals surface area (Å²) in [7, 11) is 0. The predicted molar refractivity (Wildman–Crippen MR) is 52.9 cm³/mol. The lowest BCUT2D eigenvalue weighted by atomic mass is 9.58. The molecule has 1 aliphatic carbocycles. The van der Waals surface area contributed by atoms with Gasteiger partial charge >= 0.3 is 0 Å². The zero-order chi connectivity index (χ0) is 10.0. The van der Waals surface area contributed by atoms with Gasteiger partial charge in [0.25, 0.3) is 0 Å². The van der Waals surface area contributed by atoms with Crippen LogP contribution in [0, 0.1) is 11.3 Å². The van der Waals surface area contributed by atoms with Crippen molar-refractivity contribution < 1.29 is 9.18 Å². The first-order valence-electron chi connectivity index (χ1n) is 5.52. The number of hydrogen-bond donors (Lipinski definition) is 0. The summed E-state index contributed by atoms with van der Waals surface area (Å²) < 4.78 is 12.1. The summed E-state index contributed by atoms with van der Waals surface area (Å²) >= 11 is 0. The maximum Gasteiger partial charge on any atom is 0.123 e. The third-order valence-electron chi connectivity index (χ3n) is 3.90. The van der Waals surface area contributed by atoms with Crippen LogP contribution in [-0.2, 0) is 4.79 Å². The van der Waals surface area contributed by atoms with Gasteiger partial charge in [-0.25, -0.2) is 4.39 Å². The van der Waals surface area contributed by atoms with Crippen LogP contribution in [0.25, 0.3) is 0 Å². The highest BCUT2D eigenvalue weighted by Crippen LogP contribution is 2.51. The second kappa shape index (κ2) is 3.97. The van der Waals surface area contributed by atoms with E-state index in [4.69, 9.17) is 0 Å². The number of halogens is 1. The van der Waals surface area contributed by atoms with E-state index in [1.807, 2.05) is 0 Å². The first-order chi connectivity index (χ1) is 6.78. The highest BCUT2D eigenvalue weighted by Gasteiger charge is 2.45. The average Bonchev–Trinajstić information content (AvgIpc) is 2.16. The van der Waals surface area contributed by atoms with Crippen LogP contribution in [0.15, 0.2) is 0 Å². The van der Waals surface area contributed by atoms with Gasteiger partial charge in [-0.15, -0.1) is 0 Å². The Morgan fingerprint density at radius 2 is 2.00 bits per heavy atom. The first kappa shape index (κ1) is 10.1.